The number of amides is 2. The molecule has 1 atom stereocenters. The molecule has 0 aliphatic carbocycles. The van der Waals surface area contributed by atoms with Crippen LogP contribution in [0.25, 0.3) is 0 Å². The van der Waals surface area contributed by atoms with Gasteiger partial charge in [0.05, 0.1) is 18.3 Å². The van der Waals surface area contributed by atoms with Gasteiger partial charge in [-0.05, 0) is 25.1 Å². The van der Waals surface area contributed by atoms with E-state index >= 15 is 0 Å². The molecule has 3 rings (SSSR count). The van der Waals surface area contributed by atoms with Crippen molar-refractivity contribution in [2.75, 3.05) is 19.8 Å². The number of carbonyl (C=O) groups excluding carboxylic acids is 2. The van der Waals surface area contributed by atoms with Gasteiger partial charge in [0.2, 0.25) is 0 Å². The van der Waals surface area contributed by atoms with Gasteiger partial charge in [0.15, 0.2) is 5.82 Å². The smallest absolute Gasteiger partial charge is 0.410 e. The lowest BCUT2D eigenvalue weighted by molar-refractivity contribution is 0.116. The highest BCUT2D eigenvalue weighted by Gasteiger charge is 2.32. The van der Waals surface area contributed by atoms with Gasteiger partial charge in [-0.25, -0.2) is 14.0 Å². The topological polar surface area (TPSA) is 85.1 Å². The fraction of sp³-hybridized carbons (Fsp3) is 0.263. The maximum atomic E-state index is 14.2. The molecule has 1 heterocycles. The van der Waals surface area contributed by atoms with Crippen molar-refractivity contribution in [2.45, 2.75) is 19.5 Å². The van der Waals surface area contributed by atoms with Crippen LogP contribution >= 0.6 is 0 Å². The minimum atomic E-state index is -0.618. The van der Waals surface area contributed by atoms with Crippen molar-refractivity contribution in [3.05, 3.63) is 53.3 Å². The zero-order chi connectivity index (χ0) is 19.7. The molecule has 0 saturated carbocycles. The average Bonchev–Trinajstić information content (AvgIpc) is 2.61. The predicted octanol–water partition coefficient (Wildman–Crippen LogP) is 3.54. The molecule has 0 saturated heterocycles. The van der Waals surface area contributed by atoms with E-state index in [9.17, 15) is 14.0 Å². The Morgan fingerprint density at radius 1 is 1.33 bits per heavy atom. The maximum Gasteiger partial charge on any atom is 0.416 e. The number of nitrogens with two attached hydrogens (primary N) is 1. The molecule has 142 valence electrons. The van der Waals surface area contributed by atoms with Crippen molar-refractivity contribution >= 4 is 17.9 Å². The van der Waals surface area contributed by atoms with Gasteiger partial charge in [0.25, 0.3) is 0 Å². The summed E-state index contributed by atoms with van der Waals surface area (Å²) >= 11 is 0. The van der Waals surface area contributed by atoms with E-state index in [1.807, 2.05) is 6.92 Å². The summed E-state index contributed by atoms with van der Waals surface area (Å²) in [4.78, 5) is 26.8. The Morgan fingerprint density at radius 3 is 2.78 bits per heavy atom. The number of fused-ring (bicyclic) bond motifs is 1. The SMILES string of the molecule is CC1c2ccc(OC(=O)N(C)C)cc2OC(=O)N1Cc1cccc(N)c1F. The lowest BCUT2D eigenvalue weighted by atomic mass is 10.0. The molecule has 8 heteroatoms. The van der Waals surface area contributed by atoms with Crippen molar-refractivity contribution in [1.82, 2.24) is 9.80 Å². The third-order valence-electron chi connectivity index (χ3n) is 4.35. The summed E-state index contributed by atoms with van der Waals surface area (Å²) < 4.78 is 24.7. The van der Waals surface area contributed by atoms with E-state index in [0.29, 0.717) is 11.3 Å². The minimum absolute atomic E-state index is 0.0215. The van der Waals surface area contributed by atoms with E-state index in [1.54, 1.807) is 38.4 Å². The number of ether oxygens (including phenoxy) is 2. The molecule has 0 radical (unpaired) electrons. The van der Waals surface area contributed by atoms with E-state index in [0.717, 1.165) is 5.56 Å². The second kappa shape index (κ2) is 7.14. The van der Waals surface area contributed by atoms with Crippen LogP contribution in [0.15, 0.2) is 36.4 Å². The van der Waals surface area contributed by atoms with Gasteiger partial charge in [-0.1, -0.05) is 12.1 Å². The van der Waals surface area contributed by atoms with Crippen LogP contribution in [-0.4, -0.2) is 36.1 Å². The molecule has 0 fully saturated rings. The first kappa shape index (κ1) is 18.5. The molecule has 2 aromatic rings. The fourth-order valence-electron chi connectivity index (χ4n) is 2.79. The molecule has 0 spiro atoms. The standard InChI is InChI=1S/C19H20FN3O4/c1-11-14-8-7-13(26-18(24)22(2)3)9-16(14)27-19(25)23(11)10-12-5-4-6-15(21)17(12)20/h4-9,11H,10,21H2,1-3H3. The van der Waals surface area contributed by atoms with Crippen LogP contribution in [0.2, 0.25) is 0 Å². The van der Waals surface area contributed by atoms with Crippen molar-refractivity contribution in [1.29, 1.82) is 0 Å². The number of rotatable bonds is 3. The number of nitrogens with zero attached hydrogens (tertiary/aromatic N) is 2. The third-order valence-corrected chi connectivity index (χ3v) is 4.35. The minimum Gasteiger partial charge on any atom is -0.410 e. The zero-order valence-electron chi connectivity index (χ0n) is 15.2. The second-order valence-electron chi connectivity index (χ2n) is 6.45. The summed E-state index contributed by atoms with van der Waals surface area (Å²) in [5.74, 6) is 0.0258. The Labute approximate surface area is 156 Å². The number of anilines is 1. The molecular weight excluding hydrogens is 353 g/mol. The van der Waals surface area contributed by atoms with Gasteiger partial charge in [-0.2, -0.15) is 0 Å². The highest BCUT2D eigenvalue weighted by atomic mass is 19.1. The van der Waals surface area contributed by atoms with Crippen LogP contribution in [0.1, 0.15) is 24.1 Å². The number of hydrogen-bond acceptors (Lipinski definition) is 5. The molecule has 27 heavy (non-hydrogen) atoms. The van der Waals surface area contributed by atoms with Crippen LogP contribution in [0, 0.1) is 5.82 Å². The normalized spacial score (nSPS) is 15.8. The first-order chi connectivity index (χ1) is 12.8. The van der Waals surface area contributed by atoms with E-state index < -0.39 is 18.0 Å². The molecule has 1 unspecified atom stereocenters. The lowest BCUT2D eigenvalue weighted by Crippen LogP contribution is -2.39. The molecule has 7 nitrogen and oxygen atoms in total. The van der Waals surface area contributed by atoms with Crippen molar-refractivity contribution < 1.29 is 23.5 Å². The Morgan fingerprint density at radius 2 is 2.07 bits per heavy atom. The fourth-order valence-corrected chi connectivity index (χ4v) is 2.79. The summed E-state index contributed by atoms with van der Waals surface area (Å²) in [6.45, 7) is 1.84. The van der Waals surface area contributed by atoms with E-state index in [4.69, 9.17) is 15.2 Å². The van der Waals surface area contributed by atoms with Crippen LogP contribution in [0.4, 0.5) is 19.7 Å². The average molecular weight is 373 g/mol. The molecule has 2 aromatic carbocycles. The molecule has 0 aromatic heterocycles. The number of hydrogen-bond donors (Lipinski definition) is 1. The summed E-state index contributed by atoms with van der Waals surface area (Å²) in [7, 11) is 3.13. The number of carbonyl (C=O) groups is 2. The van der Waals surface area contributed by atoms with Crippen molar-refractivity contribution in [2.24, 2.45) is 0 Å². The number of benzene rings is 2. The molecule has 2 N–H and O–H groups in total. The van der Waals surface area contributed by atoms with E-state index in [-0.39, 0.29) is 24.0 Å². The molecule has 1 aliphatic heterocycles. The van der Waals surface area contributed by atoms with Gasteiger partial charge >= 0.3 is 12.2 Å². The number of nitrogen functional groups attached to an aromatic ring is 1. The molecule has 0 bridgehead atoms. The van der Waals surface area contributed by atoms with E-state index in [1.165, 1.54) is 21.9 Å². The van der Waals surface area contributed by atoms with Crippen molar-refractivity contribution in [3.8, 4) is 11.5 Å². The Hall–Kier alpha value is -3.29. The second-order valence-corrected chi connectivity index (χ2v) is 6.45. The summed E-state index contributed by atoms with van der Waals surface area (Å²) in [6.07, 6.45) is -1.16. The van der Waals surface area contributed by atoms with Crippen LogP contribution in [-0.2, 0) is 6.54 Å². The largest absolute Gasteiger partial charge is 0.416 e. The number of halogens is 1. The summed E-state index contributed by atoms with van der Waals surface area (Å²) in [5.41, 5.74) is 6.65. The highest BCUT2D eigenvalue weighted by Crippen LogP contribution is 2.38. The summed E-state index contributed by atoms with van der Waals surface area (Å²) in [6, 6.07) is 9.13. The lowest BCUT2D eigenvalue weighted by Gasteiger charge is -2.34. The Bertz CT molecular complexity index is 901. The highest BCUT2D eigenvalue weighted by molar-refractivity contribution is 5.75. The summed E-state index contributed by atoms with van der Waals surface area (Å²) in [5, 5.41) is 0. The van der Waals surface area contributed by atoms with Gasteiger partial charge in [-0.15, -0.1) is 0 Å². The zero-order valence-corrected chi connectivity index (χ0v) is 15.2. The van der Waals surface area contributed by atoms with Gasteiger partial charge < -0.3 is 20.1 Å². The molecule has 1 aliphatic rings. The first-order valence-corrected chi connectivity index (χ1v) is 8.32. The van der Waals surface area contributed by atoms with Crippen molar-refractivity contribution in [3.63, 3.8) is 0 Å². The van der Waals surface area contributed by atoms with Gasteiger partial charge in [0, 0.05) is 31.3 Å². The molecular formula is C19H20FN3O4. The predicted molar refractivity (Wildman–Crippen MR) is 96.9 cm³/mol. The van der Waals surface area contributed by atoms with Crippen LogP contribution in [0.5, 0.6) is 11.5 Å². The quantitative estimate of drug-likeness (QED) is 0.832. The van der Waals surface area contributed by atoms with E-state index in [2.05, 4.69) is 0 Å². The Kier molecular flexibility index (Phi) is 4.89. The monoisotopic (exact) mass is 373 g/mol. The molecule has 2 amide bonds. The maximum absolute atomic E-state index is 14.2. The first-order valence-electron chi connectivity index (χ1n) is 8.32. The Balaban J connectivity index is 1.84. The van der Waals surface area contributed by atoms with Crippen LogP contribution in [0.3, 0.4) is 0 Å². The van der Waals surface area contributed by atoms with Crippen LogP contribution < -0.4 is 15.2 Å². The van der Waals surface area contributed by atoms with Gasteiger partial charge in [-0.3, -0.25) is 4.90 Å². The van der Waals surface area contributed by atoms with Gasteiger partial charge in [0.1, 0.15) is 11.5 Å². The third kappa shape index (κ3) is 3.64.